The van der Waals surface area contributed by atoms with Crippen molar-refractivity contribution in [3.8, 4) is 33.8 Å². The smallest absolute Gasteiger partial charge is 0.143 e. The molecule has 8 aromatic rings. The molecule has 0 fully saturated rings. The Kier molecular flexibility index (Phi) is 5.49. The van der Waals surface area contributed by atoms with Crippen LogP contribution in [0.1, 0.15) is 0 Å². The number of ether oxygens (including phenoxy) is 1. The maximum Gasteiger partial charge on any atom is 0.143 e. The molecule has 8 rings (SSSR count). The molecule has 0 atom stereocenters. The number of fused-ring (bicyclic) bond motifs is 4. The highest BCUT2D eigenvalue weighted by molar-refractivity contribution is 6.19. The summed E-state index contributed by atoms with van der Waals surface area (Å²) < 4.78 is 6.72. The van der Waals surface area contributed by atoms with Crippen LogP contribution < -0.4 is 4.74 Å². The molecule has 1 aromatic heterocycles. The molecule has 1 heterocycles. The first-order valence-corrected chi connectivity index (χ1v) is 13.9. The highest BCUT2D eigenvalue weighted by Gasteiger charge is 2.18. The van der Waals surface area contributed by atoms with Gasteiger partial charge in [0.1, 0.15) is 11.5 Å². The lowest BCUT2D eigenvalue weighted by Crippen LogP contribution is -1.93. The van der Waals surface area contributed by atoms with Crippen molar-refractivity contribution < 1.29 is 4.74 Å². The fraction of sp³-hybridized carbons (Fsp3) is 0. The third-order valence-electron chi connectivity index (χ3n) is 7.99. The van der Waals surface area contributed by atoms with Crippen molar-refractivity contribution in [3.05, 3.63) is 152 Å². The molecule has 2 nitrogen and oxygen atoms in total. The Balaban J connectivity index is 1.27. The van der Waals surface area contributed by atoms with Crippen molar-refractivity contribution in [2.24, 2.45) is 0 Å². The van der Waals surface area contributed by atoms with E-state index in [1.54, 1.807) is 0 Å². The van der Waals surface area contributed by atoms with Crippen LogP contribution in [-0.4, -0.2) is 4.98 Å². The SMILES string of the molecule is c1ccc2cc(-c3ccc(Oc4c5ccccc5c(-c5cccc6ccccc56)c5cnccc45)cc3)ccc2c1. The minimum atomic E-state index is 0.802. The molecule has 0 amide bonds. The van der Waals surface area contributed by atoms with Crippen LogP contribution in [0.3, 0.4) is 0 Å². The van der Waals surface area contributed by atoms with Gasteiger partial charge < -0.3 is 4.74 Å². The zero-order valence-corrected chi connectivity index (χ0v) is 22.3. The average molecular weight is 524 g/mol. The van der Waals surface area contributed by atoms with Crippen LogP contribution in [-0.2, 0) is 0 Å². The van der Waals surface area contributed by atoms with E-state index in [4.69, 9.17) is 4.74 Å². The number of pyridine rings is 1. The van der Waals surface area contributed by atoms with Crippen molar-refractivity contribution >= 4 is 43.1 Å². The molecule has 0 radical (unpaired) electrons. The van der Waals surface area contributed by atoms with Gasteiger partial charge in [-0.3, -0.25) is 4.98 Å². The summed E-state index contributed by atoms with van der Waals surface area (Å²) in [6.45, 7) is 0. The lowest BCUT2D eigenvalue weighted by molar-refractivity contribution is 0.494. The van der Waals surface area contributed by atoms with Crippen molar-refractivity contribution in [3.63, 3.8) is 0 Å². The van der Waals surface area contributed by atoms with Crippen LogP contribution >= 0.6 is 0 Å². The van der Waals surface area contributed by atoms with Crippen molar-refractivity contribution in [1.29, 1.82) is 0 Å². The number of hydrogen-bond acceptors (Lipinski definition) is 2. The summed E-state index contributed by atoms with van der Waals surface area (Å²) >= 11 is 0. The van der Waals surface area contributed by atoms with E-state index in [9.17, 15) is 0 Å². The van der Waals surface area contributed by atoms with E-state index < -0.39 is 0 Å². The molecular weight excluding hydrogens is 498 g/mol. The predicted octanol–water partition coefficient (Wildman–Crippen LogP) is 10.8. The van der Waals surface area contributed by atoms with Crippen molar-refractivity contribution in [1.82, 2.24) is 4.98 Å². The number of hydrogen-bond donors (Lipinski definition) is 0. The Bertz CT molecular complexity index is 2170. The van der Waals surface area contributed by atoms with E-state index in [0.717, 1.165) is 38.6 Å². The van der Waals surface area contributed by atoms with Crippen LogP contribution in [0.2, 0.25) is 0 Å². The fourth-order valence-corrected chi connectivity index (χ4v) is 6.03. The zero-order chi connectivity index (χ0) is 27.2. The van der Waals surface area contributed by atoms with E-state index in [-0.39, 0.29) is 0 Å². The molecule has 0 spiro atoms. The van der Waals surface area contributed by atoms with Gasteiger partial charge in [-0.25, -0.2) is 0 Å². The Morgan fingerprint density at radius 3 is 1.95 bits per heavy atom. The molecule has 2 heteroatoms. The number of benzene rings is 7. The minimum absolute atomic E-state index is 0.802. The lowest BCUT2D eigenvalue weighted by Gasteiger charge is -2.18. The summed E-state index contributed by atoms with van der Waals surface area (Å²) in [5.74, 6) is 1.65. The second-order valence-corrected chi connectivity index (χ2v) is 10.4. The first-order valence-electron chi connectivity index (χ1n) is 13.9. The summed E-state index contributed by atoms with van der Waals surface area (Å²) in [5.41, 5.74) is 4.73. The van der Waals surface area contributed by atoms with Gasteiger partial charge in [-0.15, -0.1) is 0 Å². The van der Waals surface area contributed by atoms with Gasteiger partial charge in [0.15, 0.2) is 0 Å². The number of aromatic nitrogens is 1. The molecule has 0 aliphatic rings. The third kappa shape index (κ3) is 4.00. The first-order chi connectivity index (χ1) is 20.3. The standard InChI is InChI=1S/C39H25NO/c1-2-10-29-24-30(17-16-26(29)8-1)27-18-20-31(21-19-27)41-39-35-14-6-5-13-34(35)38(37-25-40-23-22-36(37)39)33-15-7-11-28-9-3-4-12-32(28)33/h1-25H. The van der Waals surface area contributed by atoms with Crippen molar-refractivity contribution in [2.45, 2.75) is 0 Å². The van der Waals surface area contributed by atoms with Gasteiger partial charge in [0.05, 0.1) is 0 Å². The van der Waals surface area contributed by atoms with Gasteiger partial charge >= 0.3 is 0 Å². The van der Waals surface area contributed by atoms with Crippen molar-refractivity contribution in [2.75, 3.05) is 0 Å². The first kappa shape index (κ1) is 23.4. The fourth-order valence-electron chi connectivity index (χ4n) is 6.03. The van der Waals surface area contributed by atoms with Crippen LogP contribution in [0, 0.1) is 0 Å². The number of rotatable bonds is 4. The highest BCUT2D eigenvalue weighted by Crippen LogP contribution is 2.45. The summed E-state index contributed by atoms with van der Waals surface area (Å²) in [6, 6.07) is 49.1. The largest absolute Gasteiger partial charge is 0.456 e. The molecule has 0 N–H and O–H groups in total. The maximum atomic E-state index is 6.72. The lowest BCUT2D eigenvalue weighted by atomic mass is 9.89. The predicted molar refractivity (Wildman–Crippen MR) is 172 cm³/mol. The van der Waals surface area contributed by atoms with Gasteiger partial charge in [0.25, 0.3) is 0 Å². The zero-order valence-electron chi connectivity index (χ0n) is 22.3. The van der Waals surface area contributed by atoms with E-state index in [1.165, 1.54) is 38.2 Å². The molecule has 41 heavy (non-hydrogen) atoms. The van der Waals surface area contributed by atoms with Gasteiger partial charge in [0.2, 0.25) is 0 Å². The van der Waals surface area contributed by atoms with E-state index in [1.807, 2.05) is 12.4 Å². The van der Waals surface area contributed by atoms with Crippen LogP contribution in [0.15, 0.2) is 152 Å². The molecule has 0 aliphatic heterocycles. The molecular formula is C39H25NO. The van der Waals surface area contributed by atoms with Crippen LogP contribution in [0.5, 0.6) is 11.5 Å². The maximum absolute atomic E-state index is 6.72. The summed E-state index contributed by atoms with van der Waals surface area (Å²) in [7, 11) is 0. The number of nitrogens with zero attached hydrogens (tertiary/aromatic N) is 1. The summed E-state index contributed by atoms with van der Waals surface area (Å²) in [6.07, 6.45) is 3.81. The topological polar surface area (TPSA) is 22.1 Å². The van der Waals surface area contributed by atoms with E-state index in [0.29, 0.717) is 0 Å². The molecule has 7 aromatic carbocycles. The normalized spacial score (nSPS) is 11.4. The summed E-state index contributed by atoms with van der Waals surface area (Å²) in [5, 5.41) is 9.27. The second kappa shape index (κ2) is 9.62. The van der Waals surface area contributed by atoms with E-state index >= 15 is 0 Å². The molecule has 0 saturated heterocycles. The molecule has 0 bridgehead atoms. The van der Waals surface area contributed by atoms with Crippen LogP contribution in [0.4, 0.5) is 0 Å². The Morgan fingerprint density at radius 2 is 1.10 bits per heavy atom. The van der Waals surface area contributed by atoms with E-state index in [2.05, 4.69) is 145 Å². The second-order valence-electron chi connectivity index (χ2n) is 10.4. The highest BCUT2D eigenvalue weighted by atomic mass is 16.5. The Hall–Kier alpha value is -5.47. The molecule has 0 saturated carbocycles. The van der Waals surface area contributed by atoms with Gasteiger partial charge in [-0.1, -0.05) is 115 Å². The average Bonchev–Trinajstić information content (AvgIpc) is 3.05. The van der Waals surface area contributed by atoms with Crippen LogP contribution in [0.25, 0.3) is 65.3 Å². The molecule has 0 unspecified atom stereocenters. The quantitative estimate of drug-likeness (QED) is 0.214. The Labute approximate surface area is 238 Å². The third-order valence-corrected chi connectivity index (χ3v) is 7.99. The molecule has 0 aliphatic carbocycles. The van der Waals surface area contributed by atoms with Gasteiger partial charge in [0, 0.05) is 28.6 Å². The molecule has 192 valence electrons. The van der Waals surface area contributed by atoms with Gasteiger partial charge in [-0.05, 0) is 73.5 Å². The minimum Gasteiger partial charge on any atom is -0.456 e. The summed E-state index contributed by atoms with van der Waals surface area (Å²) in [4.78, 5) is 4.55. The Morgan fingerprint density at radius 1 is 0.439 bits per heavy atom. The monoisotopic (exact) mass is 523 g/mol. The van der Waals surface area contributed by atoms with Gasteiger partial charge in [-0.2, -0.15) is 0 Å².